The zero-order valence-corrected chi connectivity index (χ0v) is 17.6. The summed E-state index contributed by atoms with van der Waals surface area (Å²) in [6.07, 6.45) is 0.820. The van der Waals surface area contributed by atoms with Gasteiger partial charge in [-0.2, -0.15) is 0 Å². The molecule has 0 aliphatic rings. The molecule has 0 unspecified atom stereocenters. The predicted octanol–water partition coefficient (Wildman–Crippen LogP) is 5.21. The minimum absolute atomic E-state index is 0.212. The molecule has 5 nitrogen and oxygen atoms in total. The highest BCUT2D eigenvalue weighted by Gasteiger charge is 2.23. The van der Waals surface area contributed by atoms with E-state index < -0.39 is 0 Å². The van der Waals surface area contributed by atoms with Crippen LogP contribution in [0.5, 0.6) is 0 Å². The fourth-order valence-corrected chi connectivity index (χ4v) is 4.26. The number of para-hydroxylation sites is 3. The number of nitrogens with one attached hydrogen (secondary N) is 1. The van der Waals surface area contributed by atoms with Crippen LogP contribution in [-0.2, 0) is 6.54 Å². The Bertz CT molecular complexity index is 1450. The molecule has 6 heteroatoms. The number of nitrogens with two attached hydrogens (primary N) is 1. The summed E-state index contributed by atoms with van der Waals surface area (Å²) in [5, 5.41) is 1.65. The Kier molecular flexibility index (Phi) is 5.06. The highest BCUT2D eigenvalue weighted by molar-refractivity contribution is 6.30. The first kappa shape index (κ1) is 19.5. The molecule has 0 amide bonds. The van der Waals surface area contributed by atoms with Crippen LogP contribution in [0.15, 0.2) is 77.6 Å². The molecule has 0 atom stereocenters. The van der Waals surface area contributed by atoms with Gasteiger partial charge in [-0.25, -0.2) is 4.98 Å². The van der Waals surface area contributed by atoms with Gasteiger partial charge in [0, 0.05) is 28.0 Å². The van der Waals surface area contributed by atoms with Gasteiger partial charge in [0.05, 0.1) is 16.7 Å². The first-order valence-corrected chi connectivity index (χ1v) is 10.6. The monoisotopic (exact) mass is 428 g/mol. The number of rotatable bonds is 5. The van der Waals surface area contributed by atoms with Gasteiger partial charge in [0.2, 0.25) is 0 Å². The number of hydrogen-bond acceptors (Lipinski definition) is 3. The molecule has 0 bridgehead atoms. The number of aryl methyl sites for hydroxylation is 1. The van der Waals surface area contributed by atoms with Gasteiger partial charge in [-0.1, -0.05) is 54.1 Å². The summed E-state index contributed by atoms with van der Waals surface area (Å²) >= 11 is 6.16. The average molecular weight is 429 g/mol. The van der Waals surface area contributed by atoms with Gasteiger partial charge in [0.25, 0.3) is 5.56 Å². The maximum Gasteiger partial charge on any atom is 0.275 e. The number of benzene rings is 3. The number of hydrogen-bond donors (Lipinski definition) is 2. The molecule has 154 valence electrons. The van der Waals surface area contributed by atoms with Crippen molar-refractivity contribution in [3.8, 4) is 22.5 Å². The van der Waals surface area contributed by atoms with Crippen LogP contribution in [0.25, 0.3) is 44.5 Å². The van der Waals surface area contributed by atoms with Gasteiger partial charge in [0.1, 0.15) is 5.69 Å². The highest BCUT2D eigenvalue weighted by atomic mass is 35.5. The standard InChI is InChI=1S/C25H21ClN4O/c26-17-12-10-16(11-13-17)24-22(18-6-1-4-9-21(18)30(24)15-5-14-27)23-25(31)29-20-8-3-2-7-19(20)28-23/h1-4,6-13H,5,14-15,27H2,(H,29,31). The molecular weight excluding hydrogens is 408 g/mol. The second-order valence-electron chi connectivity index (χ2n) is 7.47. The summed E-state index contributed by atoms with van der Waals surface area (Å²) in [7, 11) is 0. The third-order valence-corrected chi connectivity index (χ3v) is 5.76. The van der Waals surface area contributed by atoms with E-state index in [9.17, 15) is 4.79 Å². The van der Waals surface area contributed by atoms with E-state index in [0.29, 0.717) is 17.3 Å². The lowest BCUT2D eigenvalue weighted by molar-refractivity contribution is 0.676. The second-order valence-corrected chi connectivity index (χ2v) is 7.91. The Morgan fingerprint density at radius 1 is 0.968 bits per heavy atom. The third kappa shape index (κ3) is 3.42. The number of halogens is 1. The molecule has 0 saturated carbocycles. The lowest BCUT2D eigenvalue weighted by Gasteiger charge is -2.12. The lowest BCUT2D eigenvalue weighted by Crippen LogP contribution is -2.12. The van der Waals surface area contributed by atoms with E-state index in [0.717, 1.165) is 51.7 Å². The second kappa shape index (κ2) is 8.02. The van der Waals surface area contributed by atoms with Gasteiger partial charge in [-0.3, -0.25) is 4.79 Å². The zero-order valence-electron chi connectivity index (χ0n) is 16.8. The summed E-state index contributed by atoms with van der Waals surface area (Å²) in [5.74, 6) is 0. The largest absolute Gasteiger partial charge is 0.340 e. The fourth-order valence-electron chi connectivity index (χ4n) is 4.13. The molecule has 3 aromatic carbocycles. The molecule has 2 heterocycles. The van der Waals surface area contributed by atoms with Crippen LogP contribution in [0.4, 0.5) is 0 Å². The summed E-state index contributed by atoms with van der Waals surface area (Å²) in [4.78, 5) is 20.9. The van der Waals surface area contributed by atoms with Crippen molar-refractivity contribution in [2.75, 3.05) is 6.54 Å². The van der Waals surface area contributed by atoms with Crippen LogP contribution in [0, 0.1) is 0 Å². The van der Waals surface area contributed by atoms with Crippen molar-refractivity contribution in [3.63, 3.8) is 0 Å². The minimum Gasteiger partial charge on any atom is -0.340 e. The third-order valence-electron chi connectivity index (χ3n) is 5.51. The molecule has 0 spiro atoms. The van der Waals surface area contributed by atoms with Gasteiger partial charge in [-0.15, -0.1) is 0 Å². The molecule has 0 radical (unpaired) electrons. The maximum absolute atomic E-state index is 13.2. The summed E-state index contributed by atoms with van der Waals surface area (Å²) in [5.41, 5.74) is 11.3. The normalized spacial score (nSPS) is 11.4. The van der Waals surface area contributed by atoms with Crippen LogP contribution < -0.4 is 11.3 Å². The van der Waals surface area contributed by atoms with Gasteiger partial charge >= 0.3 is 0 Å². The first-order chi connectivity index (χ1) is 15.2. The summed E-state index contributed by atoms with van der Waals surface area (Å²) in [6.45, 7) is 1.32. The molecule has 0 aliphatic carbocycles. The Labute approximate surface area is 184 Å². The molecule has 3 N–H and O–H groups in total. The van der Waals surface area contributed by atoms with Crippen molar-refractivity contribution >= 4 is 33.5 Å². The maximum atomic E-state index is 13.2. The number of fused-ring (bicyclic) bond motifs is 2. The number of nitrogens with zero attached hydrogens (tertiary/aromatic N) is 2. The molecule has 0 aliphatic heterocycles. The van der Waals surface area contributed by atoms with E-state index in [2.05, 4.69) is 15.6 Å². The molecule has 0 fully saturated rings. The van der Waals surface area contributed by atoms with Crippen molar-refractivity contribution in [3.05, 3.63) is 88.2 Å². The molecule has 5 rings (SSSR count). The van der Waals surface area contributed by atoms with Crippen molar-refractivity contribution in [1.82, 2.24) is 14.5 Å². The smallest absolute Gasteiger partial charge is 0.275 e. The van der Waals surface area contributed by atoms with E-state index >= 15 is 0 Å². The van der Waals surface area contributed by atoms with Crippen molar-refractivity contribution in [2.45, 2.75) is 13.0 Å². The molecular formula is C25H21ClN4O. The van der Waals surface area contributed by atoms with Crippen molar-refractivity contribution in [2.24, 2.45) is 5.73 Å². The summed E-state index contributed by atoms with van der Waals surface area (Å²) < 4.78 is 2.23. The molecule has 2 aromatic heterocycles. The zero-order chi connectivity index (χ0) is 21.4. The molecule has 0 saturated heterocycles. The minimum atomic E-state index is -0.212. The van der Waals surface area contributed by atoms with Gasteiger partial charge < -0.3 is 15.3 Å². The topological polar surface area (TPSA) is 76.7 Å². The van der Waals surface area contributed by atoms with E-state index in [1.165, 1.54) is 0 Å². The van der Waals surface area contributed by atoms with Gasteiger partial charge in [-0.05, 0) is 48.9 Å². The Morgan fingerprint density at radius 2 is 1.71 bits per heavy atom. The average Bonchev–Trinajstić information content (AvgIpc) is 3.11. The number of aromatic amines is 1. The van der Waals surface area contributed by atoms with E-state index in [1.807, 2.05) is 66.7 Å². The predicted molar refractivity (Wildman–Crippen MR) is 127 cm³/mol. The van der Waals surface area contributed by atoms with Crippen LogP contribution in [-0.4, -0.2) is 21.1 Å². The van der Waals surface area contributed by atoms with Crippen LogP contribution in [0.2, 0.25) is 5.02 Å². The summed E-state index contributed by atoms with van der Waals surface area (Å²) in [6, 6.07) is 23.4. The molecule has 31 heavy (non-hydrogen) atoms. The highest BCUT2D eigenvalue weighted by Crippen LogP contribution is 2.39. The van der Waals surface area contributed by atoms with Gasteiger partial charge in [0.15, 0.2) is 0 Å². The van der Waals surface area contributed by atoms with E-state index in [4.69, 9.17) is 22.3 Å². The number of aromatic nitrogens is 3. The fraction of sp³-hybridized carbons (Fsp3) is 0.120. The Balaban J connectivity index is 1.90. The van der Waals surface area contributed by atoms with E-state index in [1.54, 1.807) is 0 Å². The van der Waals surface area contributed by atoms with E-state index in [-0.39, 0.29) is 5.56 Å². The lowest BCUT2D eigenvalue weighted by atomic mass is 10.0. The molecule has 5 aromatic rings. The van der Waals surface area contributed by atoms with Crippen LogP contribution in [0.3, 0.4) is 0 Å². The number of H-pyrrole nitrogens is 1. The van der Waals surface area contributed by atoms with Crippen molar-refractivity contribution in [1.29, 1.82) is 0 Å². The Morgan fingerprint density at radius 3 is 2.52 bits per heavy atom. The SMILES string of the molecule is NCCCn1c(-c2ccc(Cl)cc2)c(-c2nc3ccccc3[nH]c2=O)c2ccccc21. The van der Waals surface area contributed by atoms with Crippen LogP contribution >= 0.6 is 11.6 Å². The first-order valence-electron chi connectivity index (χ1n) is 10.2. The van der Waals surface area contributed by atoms with Crippen LogP contribution in [0.1, 0.15) is 6.42 Å². The quantitative estimate of drug-likeness (QED) is 0.403. The van der Waals surface area contributed by atoms with Crippen molar-refractivity contribution < 1.29 is 0 Å². The Hall–Kier alpha value is -3.41.